The average Bonchev–Trinajstić information content (AvgIpc) is 2.93. The van der Waals surface area contributed by atoms with Crippen molar-refractivity contribution in [2.24, 2.45) is 5.92 Å². The first-order valence-electron chi connectivity index (χ1n) is 6.83. The van der Waals surface area contributed by atoms with E-state index >= 15 is 0 Å². The first kappa shape index (κ1) is 13.3. The molecule has 1 aliphatic heterocycles. The number of H-pyrrole nitrogens is 1. The summed E-state index contributed by atoms with van der Waals surface area (Å²) in [5.74, 6) is 0.129. The fraction of sp³-hybridized carbons (Fsp3) is 0.400. The molecule has 0 bridgehead atoms. The van der Waals surface area contributed by atoms with Crippen LogP contribution >= 0.6 is 0 Å². The molecule has 106 valence electrons. The van der Waals surface area contributed by atoms with Gasteiger partial charge in [0.15, 0.2) is 5.43 Å². The molecule has 3 rings (SSSR count). The molecule has 1 unspecified atom stereocenters. The first-order valence-corrected chi connectivity index (χ1v) is 6.83. The van der Waals surface area contributed by atoms with Crippen LogP contribution < -0.4 is 10.7 Å². The molecule has 0 amide bonds. The van der Waals surface area contributed by atoms with Crippen molar-refractivity contribution in [3.63, 3.8) is 0 Å². The molecule has 1 fully saturated rings. The number of aromatic nitrogens is 1. The van der Waals surface area contributed by atoms with E-state index in [1.54, 1.807) is 12.1 Å². The van der Waals surface area contributed by atoms with Gasteiger partial charge in [-0.3, -0.25) is 4.79 Å². The Hall–Kier alpha value is -1.72. The summed E-state index contributed by atoms with van der Waals surface area (Å²) < 4.78 is 19.0. The topological polar surface area (TPSA) is 54.1 Å². The molecule has 1 aromatic heterocycles. The van der Waals surface area contributed by atoms with Crippen LogP contribution in [0.1, 0.15) is 12.1 Å². The van der Waals surface area contributed by atoms with Gasteiger partial charge in [0, 0.05) is 36.8 Å². The smallest absolute Gasteiger partial charge is 0.189 e. The lowest BCUT2D eigenvalue weighted by molar-refractivity contribution is 0.185. The molecule has 4 nitrogen and oxygen atoms in total. The molecule has 5 heteroatoms. The Morgan fingerprint density at radius 1 is 1.45 bits per heavy atom. The predicted octanol–water partition coefficient (Wildman–Crippen LogP) is 1.79. The van der Waals surface area contributed by atoms with Crippen molar-refractivity contribution in [3.8, 4) is 0 Å². The van der Waals surface area contributed by atoms with Crippen LogP contribution in [-0.2, 0) is 11.3 Å². The number of pyridine rings is 1. The van der Waals surface area contributed by atoms with Crippen molar-refractivity contribution in [2.45, 2.75) is 13.0 Å². The van der Waals surface area contributed by atoms with E-state index in [2.05, 4.69) is 10.3 Å². The third kappa shape index (κ3) is 2.73. The van der Waals surface area contributed by atoms with Crippen LogP contribution in [0.4, 0.5) is 4.39 Å². The number of nitrogens with one attached hydrogen (secondary N) is 2. The second kappa shape index (κ2) is 5.73. The summed E-state index contributed by atoms with van der Waals surface area (Å²) in [6.07, 6.45) is 1.07. The Kier molecular flexibility index (Phi) is 3.80. The van der Waals surface area contributed by atoms with Crippen molar-refractivity contribution < 1.29 is 9.13 Å². The third-order valence-corrected chi connectivity index (χ3v) is 3.64. The van der Waals surface area contributed by atoms with Gasteiger partial charge in [0.1, 0.15) is 5.82 Å². The summed E-state index contributed by atoms with van der Waals surface area (Å²) in [6.45, 7) is 2.98. The normalized spacial score (nSPS) is 18.8. The van der Waals surface area contributed by atoms with E-state index in [0.717, 1.165) is 26.2 Å². The zero-order valence-corrected chi connectivity index (χ0v) is 11.1. The molecule has 0 saturated carbocycles. The van der Waals surface area contributed by atoms with Gasteiger partial charge < -0.3 is 15.0 Å². The van der Waals surface area contributed by atoms with Crippen LogP contribution in [0.15, 0.2) is 29.1 Å². The Morgan fingerprint density at radius 2 is 2.35 bits per heavy atom. The molecule has 1 saturated heterocycles. The second-order valence-electron chi connectivity index (χ2n) is 5.18. The van der Waals surface area contributed by atoms with Gasteiger partial charge in [-0.1, -0.05) is 6.07 Å². The first-order chi connectivity index (χ1) is 9.74. The highest BCUT2D eigenvalue weighted by Gasteiger charge is 2.14. The van der Waals surface area contributed by atoms with Gasteiger partial charge in [0.05, 0.1) is 12.1 Å². The summed E-state index contributed by atoms with van der Waals surface area (Å²) in [5.41, 5.74) is 0.826. The summed E-state index contributed by atoms with van der Waals surface area (Å²) in [7, 11) is 0. The van der Waals surface area contributed by atoms with Crippen molar-refractivity contribution in [2.75, 3.05) is 19.8 Å². The minimum Gasteiger partial charge on any atom is -0.381 e. The van der Waals surface area contributed by atoms with Crippen molar-refractivity contribution >= 4 is 10.9 Å². The van der Waals surface area contributed by atoms with Gasteiger partial charge >= 0.3 is 0 Å². The third-order valence-electron chi connectivity index (χ3n) is 3.64. The fourth-order valence-electron chi connectivity index (χ4n) is 2.54. The number of halogens is 1. The number of rotatable bonds is 4. The van der Waals surface area contributed by atoms with E-state index in [1.807, 2.05) is 0 Å². The van der Waals surface area contributed by atoms with E-state index in [9.17, 15) is 9.18 Å². The Bertz CT molecular complexity index is 662. The molecule has 1 atom stereocenters. The number of hydrogen-bond acceptors (Lipinski definition) is 3. The fourth-order valence-corrected chi connectivity index (χ4v) is 2.54. The highest BCUT2D eigenvalue weighted by atomic mass is 19.1. The van der Waals surface area contributed by atoms with E-state index in [4.69, 9.17) is 4.74 Å². The number of benzene rings is 1. The summed E-state index contributed by atoms with van der Waals surface area (Å²) >= 11 is 0. The SMILES string of the molecule is O=c1cc(CNCC2CCOC2)[nH]c2c(F)cccc12. The van der Waals surface area contributed by atoms with E-state index in [-0.39, 0.29) is 10.9 Å². The van der Waals surface area contributed by atoms with Crippen molar-refractivity contribution in [1.82, 2.24) is 10.3 Å². The molecule has 0 radical (unpaired) electrons. The van der Waals surface area contributed by atoms with Gasteiger partial charge in [-0.2, -0.15) is 0 Å². The zero-order valence-electron chi connectivity index (χ0n) is 11.1. The minimum atomic E-state index is -0.398. The highest BCUT2D eigenvalue weighted by Crippen LogP contribution is 2.13. The summed E-state index contributed by atoms with van der Waals surface area (Å²) in [6, 6.07) is 6.06. The lowest BCUT2D eigenvalue weighted by atomic mass is 10.1. The maximum atomic E-state index is 13.7. The van der Waals surface area contributed by atoms with Crippen LogP contribution in [-0.4, -0.2) is 24.7 Å². The van der Waals surface area contributed by atoms with Crippen LogP contribution in [0.25, 0.3) is 10.9 Å². The quantitative estimate of drug-likeness (QED) is 0.895. The number of aromatic amines is 1. The summed E-state index contributed by atoms with van der Waals surface area (Å²) in [5, 5.41) is 3.67. The zero-order chi connectivity index (χ0) is 13.9. The Morgan fingerprint density at radius 3 is 3.15 bits per heavy atom. The number of fused-ring (bicyclic) bond motifs is 1. The maximum absolute atomic E-state index is 13.7. The standard InChI is InChI=1S/C15H17FN2O2/c16-13-3-1-2-12-14(19)6-11(18-15(12)13)8-17-7-10-4-5-20-9-10/h1-3,6,10,17H,4-5,7-9H2,(H,18,19). The Balaban J connectivity index is 1.74. The molecule has 1 aliphatic rings. The monoisotopic (exact) mass is 276 g/mol. The molecule has 0 spiro atoms. The highest BCUT2D eigenvalue weighted by molar-refractivity contribution is 5.78. The van der Waals surface area contributed by atoms with E-state index in [0.29, 0.717) is 23.5 Å². The van der Waals surface area contributed by atoms with Gasteiger partial charge in [-0.15, -0.1) is 0 Å². The molecule has 0 aliphatic carbocycles. The Labute approximate surface area is 116 Å². The maximum Gasteiger partial charge on any atom is 0.189 e. The number of hydrogen-bond donors (Lipinski definition) is 2. The summed E-state index contributed by atoms with van der Waals surface area (Å²) in [4.78, 5) is 14.9. The van der Waals surface area contributed by atoms with Crippen LogP contribution in [0, 0.1) is 11.7 Å². The number of para-hydroxylation sites is 1. The van der Waals surface area contributed by atoms with Crippen LogP contribution in [0.5, 0.6) is 0 Å². The predicted molar refractivity (Wildman–Crippen MR) is 75.2 cm³/mol. The average molecular weight is 276 g/mol. The molecular formula is C15H17FN2O2. The molecule has 2 aromatic rings. The molecule has 20 heavy (non-hydrogen) atoms. The van der Waals surface area contributed by atoms with Crippen LogP contribution in [0.3, 0.4) is 0 Å². The van der Waals surface area contributed by atoms with E-state index in [1.165, 1.54) is 12.1 Å². The number of ether oxygens (including phenoxy) is 1. The second-order valence-corrected chi connectivity index (χ2v) is 5.18. The molecule has 1 aromatic carbocycles. The van der Waals surface area contributed by atoms with E-state index < -0.39 is 5.82 Å². The largest absolute Gasteiger partial charge is 0.381 e. The van der Waals surface area contributed by atoms with Crippen molar-refractivity contribution in [1.29, 1.82) is 0 Å². The molecular weight excluding hydrogens is 259 g/mol. The molecule has 2 heterocycles. The van der Waals surface area contributed by atoms with Gasteiger partial charge in [-0.05, 0) is 24.5 Å². The van der Waals surface area contributed by atoms with Gasteiger partial charge in [0.2, 0.25) is 0 Å². The molecule has 2 N–H and O–H groups in total. The lowest BCUT2D eigenvalue weighted by Gasteiger charge is -2.10. The van der Waals surface area contributed by atoms with Gasteiger partial charge in [0.25, 0.3) is 0 Å². The lowest BCUT2D eigenvalue weighted by Crippen LogP contribution is -2.23. The van der Waals surface area contributed by atoms with Gasteiger partial charge in [-0.25, -0.2) is 4.39 Å². The van der Waals surface area contributed by atoms with Crippen molar-refractivity contribution in [3.05, 3.63) is 46.0 Å². The van der Waals surface area contributed by atoms with Crippen LogP contribution in [0.2, 0.25) is 0 Å². The minimum absolute atomic E-state index is 0.153.